The Morgan fingerprint density at radius 2 is 1.02 bits per heavy atom. The maximum absolute atomic E-state index is 12.9. The second-order valence-corrected chi connectivity index (χ2v) is 13.9. The third kappa shape index (κ3) is 30.2. The number of aliphatic hydroxyl groups excluding tert-OH is 1. The van der Waals surface area contributed by atoms with Gasteiger partial charge in [0, 0.05) is 13.0 Å². The van der Waals surface area contributed by atoms with E-state index in [-0.39, 0.29) is 30.6 Å². The van der Waals surface area contributed by atoms with Gasteiger partial charge in [-0.1, -0.05) is 136 Å². The molecular formula is C40H79NO5. The van der Waals surface area contributed by atoms with Crippen molar-refractivity contribution in [1.82, 2.24) is 4.90 Å². The fraction of sp³-hybridized carbons (Fsp3) is 0.950. The minimum Gasteiger partial charge on any atom is -0.465 e. The lowest BCUT2D eigenvalue weighted by atomic mass is 9.94. The molecule has 0 spiro atoms. The van der Waals surface area contributed by atoms with Crippen LogP contribution in [0.2, 0.25) is 0 Å². The van der Waals surface area contributed by atoms with E-state index in [2.05, 4.69) is 25.7 Å². The summed E-state index contributed by atoms with van der Waals surface area (Å²) in [5.74, 6) is 0.105. The summed E-state index contributed by atoms with van der Waals surface area (Å²) in [6.45, 7) is 12.3. The minimum absolute atomic E-state index is 0.0176. The molecule has 0 amide bonds. The average molecular weight is 654 g/mol. The second-order valence-electron chi connectivity index (χ2n) is 13.9. The van der Waals surface area contributed by atoms with Gasteiger partial charge >= 0.3 is 11.9 Å². The van der Waals surface area contributed by atoms with Crippen LogP contribution in [0.3, 0.4) is 0 Å². The third-order valence-electron chi connectivity index (χ3n) is 9.33. The molecular weight excluding hydrogens is 574 g/mol. The molecule has 0 rings (SSSR count). The Bertz CT molecular complexity index is 658. The molecule has 0 saturated carbocycles. The van der Waals surface area contributed by atoms with E-state index in [4.69, 9.17) is 9.47 Å². The quantitative estimate of drug-likeness (QED) is 0.0535. The highest BCUT2D eigenvalue weighted by Crippen LogP contribution is 2.21. The van der Waals surface area contributed by atoms with Crippen LogP contribution in [0.15, 0.2) is 0 Å². The van der Waals surface area contributed by atoms with Gasteiger partial charge in [-0.3, -0.25) is 9.59 Å². The van der Waals surface area contributed by atoms with Gasteiger partial charge in [0.15, 0.2) is 0 Å². The van der Waals surface area contributed by atoms with Crippen LogP contribution in [-0.2, 0) is 19.1 Å². The number of unbranched alkanes of at least 4 members (excludes halogenated alkanes) is 18. The van der Waals surface area contributed by atoms with Gasteiger partial charge in [-0.2, -0.15) is 0 Å². The molecule has 0 bridgehead atoms. The Labute approximate surface area is 286 Å². The molecule has 6 nitrogen and oxygen atoms in total. The number of aliphatic hydroxyl groups is 1. The zero-order chi connectivity index (χ0) is 33.9. The molecule has 0 fully saturated rings. The fourth-order valence-corrected chi connectivity index (χ4v) is 6.26. The zero-order valence-corrected chi connectivity index (χ0v) is 31.3. The first kappa shape index (κ1) is 44.9. The number of carbonyl (C=O) groups is 2. The first-order chi connectivity index (χ1) is 22.5. The molecule has 2 unspecified atom stereocenters. The fourth-order valence-electron chi connectivity index (χ4n) is 6.26. The summed E-state index contributed by atoms with van der Waals surface area (Å²) in [4.78, 5) is 27.2. The van der Waals surface area contributed by atoms with Gasteiger partial charge in [-0.25, -0.2) is 0 Å². The number of nitrogens with zero attached hydrogens (tertiary/aromatic N) is 1. The van der Waals surface area contributed by atoms with Crippen LogP contribution in [0.1, 0.15) is 201 Å². The average Bonchev–Trinajstić information content (AvgIpc) is 3.04. The lowest BCUT2D eigenvalue weighted by Gasteiger charge is -2.21. The molecule has 1 N–H and O–H groups in total. The SMILES string of the molecule is CCCCCCCCC(CCCCCCC)C(=O)OCCCCCCCN(CCO)CCCCCCC(C)OC(=O)CCCCC. The summed E-state index contributed by atoms with van der Waals surface area (Å²) in [6, 6.07) is 0. The highest BCUT2D eigenvalue weighted by molar-refractivity contribution is 5.72. The largest absolute Gasteiger partial charge is 0.465 e. The van der Waals surface area contributed by atoms with Crippen molar-refractivity contribution in [2.75, 3.05) is 32.8 Å². The van der Waals surface area contributed by atoms with Gasteiger partial charge < -0.3 is 19.5 Å². The van der Waals surface area contributed by atoms with Gasteiger partial charge in [0.2, 0.25) is 0 Å². The van der Waals surface area contributed by atoms with Crippen molar-refractivity contribution in [3.8, 4) is 0 Å². The summed E-state index contributed by atoms with van der Waals surface area (Å²) in [6.07, 6.45) is 30.7. The molecule has 0 aliphatic heterocycles. The highest BCUT2D eigenvalue weighted by atomic mass is 16.5. The van der Waals surface area contributed by atoms with Gasteiger partial charge in [-0.05, 0) is 71.4 Å². The Balaban J connectivity index is 4.02. The summed E-state index contributed by atoms with van der Waals surface area (Å²) in [5, 5.41) is 9.51. The van der Waals surface area contributed by atoms with Crippen LogP contribution in [0.5, 0.6) is 0 Å². The Kier molecular flexibility index (Phi) is 34.3. The lowest BCUT2D eigenvalue weighted by molar-refractivity contribution is -0.150. The molecule has 0 aliphatic carbocycles. The summed E-state index contributed by atoms with van der Waals surface area (Å²) in [7, 11) is 0. The normalized spacial score (nSPS) is 12.8. The van der Waals surface area contributed by atoms with Crippen LogP contribution in [0, 0.1) is 5.92 Å². The predicted octanol–water partition coefficient (Wildman–Crippen LogP) is 11.0. The number of esters is 2. The predicted molar refractivity (Wildman–Crippen MR) is 195 cm³/mol. The molecule has 0 heterocycles. The van der Waals surface area contributed by atoms with Crippen LogP contribution in [0.4, 0.5) is 0 Å². The molecule has 6 heteroatoms. The van der Waals surface area contributed by atoms with Gasteiger partial charge in [-0.15, -0.1) is 0 Å². The Morgan fingerprint density at radius 3 is 1.57 bits per heavy atom. The van der Waals surface area contributed by atoms with Gasteiger partial charge in [0.25, 0.3) is 0 Å². The van der Waals surface area contributed by atoms with Crippen LogP contribution >= 0.6 is 0 Å². The lowest BCUT2D eigenvalue weighted by Crippen LogP contribution is -2.29. The molecule has 46 heavy (non-hydrogen) atoms. The van der Waals surface area contributed by atoms with Crippen molar-refractivity contribution < 1.29 is 24.2 Å². The number of ether oxygens (including phenoxy) is 2. The summed E-state index contributed by atoms with van der Waals surface area (Å²) < 4.78 is 11.3. The van der Waals surface area contributed by atoms with Crippen molar-refractivity contribution in [1.29, 1.82) is 0 Å². The van der Waals surface area contributed by atoms with E-state index in [9.17, 15) is 14.7 Å². The maximum atomic E-state index is 12.9. The van der Waals surface area contributed by atoms with E-state index in [0.717, 1.165) is 110 Å². The van der Waals surface area contributed by atoms with E-state index >= 15 is 0 Å². The maximum Gasteiger partial charge on any atom is 0.308 e. The smallest absolute Gasteiger partial charge is 0.308 e. The number of carbonyl (C=O) groups excluding carboxylic acids is 2. The van der Waals surface area contributed by atoms with E-state index in [1.54, 1.807) is 0 Å². The monoisotopic (exact) mass is 654 g/mol. The third-order valence-corrected chi connectivity index (χ3v) is 9.33. The number of rotatable bonds is 36. The highest BCUT2D eigenvalue weighted by Gasteiger charge is 2.19. The van der Waals surface area contributed by atoms with E-state index in [0.29, 0.717) is 13.0 Å². The molecule has 0 aliphatic rings. The van der Waals surface area contributed by atoms with Crippen molar-refractivity contribution >= 4 is 11.9 Å². The first-order valence-corrected chi connectivity index (χ1v) is 20.2. The molecule has 2 atom stereocenters. The number of hydrogen-bond acceptors (Lipinski definition) is 6. The molecule has 274 valence electrons. The van der Waals surface area contributed by atoms with Crippen LogP contribution < -0.4 is 0 Å². The standard InChI is InChI=1S/C40H79NO5/c1-5-8-11-13-16-24-30-38(29-23-15-12-9-6-2)40(44)45-36-27-20-14-18-25-32-41(34-35-42)33-26-19-17-22-28-37(4)46-39(43)31-21-10-7-3/h37-38,42H,5-36H2,1-4H3. The number of hydrogen-bond donors (Lipinski definition) is 1. The summed E-state index contributed by atoms with van der Waals surface area (Å²) in [5.41, 5.74) is 0. The molecule has 0 saturated heterocycles. The minimum atomic E-state index is -0.0462. The van der Waals surface area contributed by atoms with Crippen molar-refractivity contribution in [3.05, 3.63) is 0 Å². The van der Waals surface area contributed by atoms with Crippen molar-refractivity contribution in [2.45, 2.75) is 207 Å². The zero-order valence-electron chi connectivity index (χ0n) is 31.3. The van der Waals surface area contributed by atoms with E-state index < -0.39 is 0 Å². The van der Waals surface area contributed by atoms with Crippen molar-refractivity contribution in [2.24, 2.45) is 5.92 Å². The Morgan fingerprint density at radius 1 is 0.565 bits per heavy atom. The van der Waals surface area contributed by atoms with Gasteiger partial charge in [0.05, 0.1) is 25.2 Å². The van der Waals surface area contributed by atoms with E-state index in [1.165, 1.54) is 77.0 Å². The molecule has 0 radical (unpaired) electrons. The molecule has 0 aromatic rings. The van der Waals surface area contributed by atoms with Gasteiger partial charge in [0.1, 0.15) is 0 Å². The topological polar surface area (TPSA) is 76.1 Å². The first-order valence-electron chi connectivity index (χ1n) is 20.2. The molecule has 0 aromatic carbocycles. The second kappa shape index (κ2) is 35.2. The van der Waals surface area contributed by atoms with E-state index in [1.807, 2.05) is 6.92 Å². The Hall–Kier alpha value is -1.14. The van der Waals surface area contributed by atoms with Crippen LogP contribution in [-0.4, -0.2) is 60.9 Å². The molecule has 0 aromatic heterocycles. The van der Waals surface area contributed by atoms with Crippen molar-refractivity contribution in [3.63, 3.8) is 0 Å². The van der Waals surface area contributed by atoms with Crippen LogP contribution in [0.25, 0.3) is 0 Å². The summed E-state index contributed by atoms with van der Waals surface area (Å²) >= 11 is 0.